The highest BCUT2D eigenvalue weighted by Crippen LogP contribution is 2.42. The minimum Gasteiger partial charge on any atom is -0.496 e. The smallest absolute Gasteiger partial charge is 0.344 e. The summed E-state index contributed by atoms with van der Waals surface area (Å²) in [6, 6.07) is 21.6. The lowest BCUT2D eigenvalue weighted by atomic mass is 9.71. The van der Waals surface area contributed by atoms with Gasteiger partial charge in [0.15, 0.2) is 5.78 Å². The van der Waals surface area contributed by atoms with E-state index < -0.39 is 29.6 Å². The number of halogens is 6. The fraction of sp³-hybridized carbons (Fsp3) is 0.0833. The summed E-state index contributed by atoms with van der Waals surface area (Å²) in [6.45, 7) is 1.84. The fourth-order valence-corrected chi connectivity index (χ4v) is 4.66. The van der Waals surface area contributed by atoms with Crippen LogP contribution >= 0.6 is 0 Å². The molecule has 4 aromatic rings. The second-order valence-corrected chi connectivity index (χ2v) is 9.85. The molecule has 0 aliphatic rings. The predicted octanol–water partition coefficient (Wildman–Crippen LogP) is 10.3. The lowest BCUT2D eigenvalue weighted by Gasteiger charge is -2.32. The number of carbonyl (C=O) groups excluding carboxylic acids is 1. The fourth-order valence-electron chi connectivity index (χ4n) is 4.66. The normalized spacial score (nSPS) is 11.4. The van der Waals surface area contributed by atoms with Crippen LogP contribution in [-0.2, 0) is 5.41 Å². The Bertz CT molecular complexity index is 1720. The summed E-state index contributed by atoms with van der Waals surface area (Å²) in [6.07, 6.45) is 1.29. The zero-order chi connectivity index (χ0) is 33.3. The first kappa shape index (κ1) is 33.4. The predicted molar refractivity (Wildman–Crippen MR) is 162 cm³/mol. The van der Waals surface area contributed by atoms with E-state index in [9.17, 15) is 31.1 Å². The van der Waals surface area contributed by atoms with Gasteiger partial charge in [0.25, 0.3) is 0 Å². The van der Waals surface area contributed by atoms with E-state index in [4.69, 9.17) is 4.74 Å². The Morgan fingerprint density at radius 2 is 1.15 bits per heavy atom. The molecule has 0 fully saturated rings. The molecule has 4 aromatic carbocycles. The molecule has 4 nitrogen and oxygen atoms in total. The zero-order valence-electron chi connectivity index (χ0n) is 24.4. The molecule has 236 valence electrons. The van der Waals surface area contributed by atoms with Crippen LogP contribution in [0.3, 0.4) is 0 Å². The van der Waals surface area contributed by atoms with Gasteiger partial charge in [0.1, 0.15) is 17.2 Å². The number of hydrogen-bond donors (Lipinski definition) is 0. The maximum absolute atomic E-state index is 13.4. The van der Waals surface area contributed by atoms with E-state index in [-0.39, 0.29) is 17.3 Å². The van der Waals surface area contributed by atoms with Gasteiger partial charge in [0.2, 0.25) is 0 Å². The first-order valence-electron chi connectivity index (χ1n) is 13.6. The van der Waals surface area contributed by atoms with Crippen LogP contribution in [0.25, 0.3) is 6.08 Å². The SMILES string of the molecule is COc1cc(C(C)(c2ccc(OC(F)=C(F)F)cc2)c2ccc(OC(F)=C(F)F)cc2)ccc1C=CC=CC(=O)c1ccccc1. The van der Waals surface area contributed by atoms with Crippen LogP contribution < -0.4 is 14.2 Å². The maximum atomic E-state index is 13.4. The molecule has 0 amide bonds. The van der Waals surface area contributed by atoms with Crippen LogP contribution in [0.5, 0.6) is 17.2 Å². The quantitative estimate of drug-likeness (QED) is 0.0388. The maximum Gasteiger partial charge on any atom is 0.344 e. The van der Waals surface area contributed by atoms with Gasteiger partial charge in [-0.2, -0.15) is 26.3 Å². The van der Waals surface area contributed by atoms with Crippen molar-refractivity contribution in [1.82, 2.24) is 0 Å². The highest BCUT2D eigenvalue weighted by Gasteiger charge is 2.32. The average Bonchev–Trinajstić information content (AvgIpc) is 3.07. The van der Waals surface area contributed by atoms with Crippen molar-refractivity contribution in [3.05, 3.63) is 167 Å². The highest BCUT2D eigenvalue weighted by atomic mass is 19.3. The molecule has 0 heterocycles. The molecular weight excluding hydrogens is 610 g/mol. The van der Waals surface area contributed by atoms with E-state index in [0.717, 1.165) is 0 Å². The molecular formula is C36H26F6O4. The third kappa shape index (κ3) is 7.95. The van der Waals surface area contributed by atoms with Gasteiger partial charge in [-0.1, -0.05) is 85.0 Å². The van der Waals surface area contributed by atoms with Crippen LogP contribution in [0.1, 0.15) is 39.5 Å². The van der Waals surface area contributed by atoms with E-state index >= 15 is 0 Å². The van der Waals surface area contributed by atoms with Gasteiger partial charge >= 0.3 is 24.2 Å². The molecule has 0 aliphatic heterocycles. The first-order chi connectivity index (χ1) is 22.0. The molecule has 0 unspecified atom stereocenters. The summed E-state index contributed by atoms with van der Waals surface area (Å²) in [5, 5.41) is 0. The summed E-state index contributed by atoms with van der Waals surface area (Å²) in [7, 11) is 1.49. The van der Waals surface area contributed by atoms with Crippen LogP contribution in [-0.4, -0.2) is 12.9 Å². The van der Waals surface area contributed by atoms with Crippen molar-refractivity contribution < 1.29 is 45.3 Å². The molecule has 0 N–H and O–H groups in total. The van der Waals surface area contributed by atoms with E-state index in [1.54, 1.807) is 78.9 Å². The number of allylic oxidation sites excluding steroid dienone is 3. The number of carbonyl (C=O) groups is 1. The van der Waals surface area contributed by atoms with Gasteiger partial charge in [0, 0.05) is 16.5 Å². The van der Waals surface area contributed by atoms with Crippen molar-refractivity contribution in [2.75, 3.05) is 7.11 Å². The molecule has 46 heavy (non-hydrogen) atoms. The number of hydrogen-bond acceptors (Lipinski definition) is 4. The van der Waals surface area contributed by atoms with Crippen molar-refractivity contribution in [1.29, 1.82) is 0 Å². The third-order valence-electron chi connectivity index (χ3n) is 7.08. The van der Waals surface area contributed by atoms with Gasteiger partial charge in [0.05, 0.1) is 7.11 Å². The Balaban J connectivity index is 1.71. The number of ether oxygens (including phenoxy) is 3. The van der Waals surface area contributed by atoms with Crippen LogP contribution in [0.2, 0.25) is 0 Å². The third-order valence-corrected chi connectivity index (χ3v) is 7.08. The minimum absolute atomic E-state index is 0.154. The Labute approximate surface area is 261 Å². The Kier molecular flexibility index (Phi) is 10.9. The summed E-state index contributed by atoms with van der Waals surface area (Å²) >= 11 is 0. The van der Waals surface area contributed by atoms with Crippen molar-refractivity contribution in [3.8, 4) is 17.2 Å². The summed E-state index contributed by atoms with van der Waals surface area (Å²) in [5.74, 6) is -0.0303. The lowest BCUT2D eigenvalue weighted by Crippen LogP contribution is -2.25. The Hall–Kier alpha value is -5.51. The molecule has 0 spiro atoms. The minimum atomic E-state index is -2.60. The van der Waals surface area contributed by atoms with E-state index in [1.165, 1.54) is 37.5 Å². The molecule has 0 atom stereocenters. The summed E-state index contributed by atoms with van der Waals surface area (Å²) < 4.78 is 91.8. The van der Waals surface area contributed by atoms with Crippen molar-refractivity contribution in [2.45, 2.75) is 12.3 Å². The Morgan fingerprint density at radius 3 is 1.63 bits per heavy atom. The largest absolute Gasteiger partial charge is 0.496 e. The number of rotatable bonds is 12. The second-order valence-electron chi connectivity index (χ2n) is 9.85. The molecule has 0 radical (unpaired) electrons. The number of ketones is 1. The van der Waals surface area contributed by atoms with Gasteiger partial charge in [-0.25, -0.2) is 0 Å². The van der Waals surface area contributed by atoms with Crippen molar-refractivity contribution in [3.63, 3.8) is 0 Å². The standard InChI is InChI=1S/C36H26F6O4/c1-36(25-14-18-28(19-15-25)45-34(41)32(37)38,26-16-20-29(21-17-26)46-35(42)33(39)40)27-13-12-24(31(22-27)44-2)10-6-7-11-30(43)23-8-4-3-5-9-23/h3-22H,1-2H3. The summed E-state index contributed by atoms with van der Waals surface area (Å²) in [4.78, 5) is 12.3. The average molecular weight is 637 g/mol. The molecule has 10 heteroatoms. The highest BCUT2D eigenvalue weighted by molar-refractivity contribution is 6.04. The van der Waals surface area contributed by atoms with E-state index in [2.05, 4.69) is 9.47 Å². The Morgan fingerprint density at radius 1 is 0.652 bits per heavy atom. The van der Waals surface area contributed by atoms with Crippen molar-refractivity contribution >= 4 is 11.9 Å². The molecule has 4 rings (SSSR count). The lowest BCUT2D eigenvalue weighted by molar-refractivity contribution is 0.104. The molecule has 0 bridgehead atoms. The van der Waals surface area contributed by atoms with Gasteiger partial charge < -0.3 is 14.2 Å². The topological polar surface area (TPSA) is 44.8 Å². The van der Waals surface area contributed by atoms with Crippen LogP contribution in [0.4, 0.5) is 26.3 Å². The molecule has 0 aliphatic carbocycles. The van der Waals surface area contributed by atoms with Gasteiger partial charge in [-0.15, -0.1) is 0 Å². The molecule has 0 saturated heterocycles. The number of methoxy groups -OCH3 is 1. The van der Waals surface area contributed by atoms with E-state index in [1.807, 2.05) is 19.1 Å². The number of benzene rings is 4. The van der Waals surface area contributed by atoms with Gasteiger partial charge in [-0.05, 0) is 60.0 Å². The van der Waals surface area contributed by atoms with Crippen LogP contribution in [0, 0.1) is 0 Å². The van der Waals surface area contributed by atoms with Crippen molar-refractivity contribution in [2.24, 2.45) is 0 Å². The summed E-state index contributed by atoms with van der Waals surface area (Å²) in [5.41, 5.74) is 2.12. The zero-order valence-corrected chi connectivity index (χ0v) is 24.4. The van der Waals surface area contributed by atoms with Crippen LogP contribution in [0.15, 0.2) is 139 Å². The first-order valence-corrected chi connectivity index (χ1v) is 13.6. The van der Waals surface area contributed by atoms with E-state index in [0.29, 0.717) is 33.6 Å². The van der Waals surface area contributed by atoms with Gasteiger partial charge in [-0.3, -0.25) is 4.79 Å². The monoisotopic (exact) mass is 636 g/mol. The second kappa shape index (κ2) is 15.0. The molecule has 0 aromatic heterocycles. The molecule has 0 saturated carbocycles.